The SMILES string of the molecule is c1ccc(-c2cc(-c3cccc(-n4c5ccccc5c5ccccc54)c3)ccn2)cc1. The fourth-order valence-electron chi connectivity index (χ4n) is 4.40. The summed E-state index contributed by atoms with van der Waals surface area (Å²) in [6.07, 6.45) is 1.89. The number of hydrogen-bond acceptors (Lipinski definition) is 1. The molecule has 2 aromatic heterocycles. The normalized spacial score (nSPS) is 11.2. The summed E-state index contributed by atoms with van der Waals surface area (Å²) < 4.78 is 2.35. The summed E-state index contributed by atoms with van der Waals surface area (Å²) in [6, 6.07) is 40.6. The number of nitrogens with zero attached hydrogens (tertiary/aromatic N) is 2. The van der Waals surface area contributed by atoms with Crippen LogP contribution in [-0.4, -0.2) is 9.55 Å². The summed E-state index contributed by atoms with van der Waals surface area (Å²) in [7, 11) is 0. The molecule has 4 aromatic carbocycles. The average molecular weight is 396 g/mol. The van der Waals surface area contributed by atoms with Gasteiger partial charge < -0.3 is 4.57 Å². The molecule has 2 nitrogen and oxygen atoms in total. The third-order valence-corrected chi connectivity index (χ3v) is 5.85. The van der Waals surface area contributed by atoms with Gasteiger partial charge in [-0.25, -0.2) is 0 Å². The molecule has 146 valence electrons. The maximum absolute atomic E-state index is 4.58. The van der Waals surface area contributed by atoms with Crippen molar-refractivity contribution in [2.75, 3.05) is 0 Å². The first-order chi connectivity index (χ1) is 15.4. The summed E-state index contributed by atoms with van der Waals surface area (Å²) in [6.45, 7) is 0. The second-order valence-electron chi connectivity index (χ2n) is 7.72. The highest BCUT2D eigenvalue weighted by Gasteiger charge is 2.12. The number of aromatic nitrogens is 2. The van der Waals surface area contributed by atoms with E-state index < -0.39 is 0 Å². The van der Waals surface area contributed by atoms with E-state index in [9.17, 15) is 0 Å². The second-order valence-corrected chi connectivity index (χ2v) is 7.72. The number of pyridine rings is 1. The fourth-order valence-corrected chi connectivity index (χ4v) is 4.40. The molecular formula is C29H20N2. The van der Waals surface area contributed by atoms with Gasteiger partial charge in [0.15, 0.2) is 0 Å². The van der Waals surface area contributed by atoms with E-state index in [0.29, 0.717) is 0 Å². The van der Waals surface area contributed by atoms with Crippen LogP contribution < -0.4 is 0 Å². The van der Waals surface area contributed by atoms with Gasteiger partial charge in [0.25, 0.3) is 0 Å². The summed E-state index contributed by atoms with van der Waals surface area (Å²) in [5, 5.41) is 2.55. The van der Waals surface area contributed by atoms with Crippen molar-refractivity contribution in [2.45, 2.75) is 0 Å². The Morgan fingerprint density at radius 2 is 1.10 bits per heavy atom. The van der Waals surface area contributed by atoms with E-state index in [4.69, 9.17) is 0 Å². The van der Waals surface area contributed by atoms with Gasteiger partial charge in [-0.2, -0.15) is 0 Å². The summed E-state index contributed by atoms with van der Waals surface area (Å²) in [5.74, 6) is 0. The van der Waals surface area contributed by atoms with Gasteiger partial charge >= 0.3 is 0 Å². The number of fused-ring (bicyclic) bond motifs is 3. The van der Waals surface area contributed by atoms with Gasteiger partial charge in [-0.15, -0.1) is 0 Å². The smallest absolute Gasteiger partial charge is 0.0708 e. The molecule has 0 atom stereocenters. The van der Waals surface area contributed by atoms with Gasteiger partial charge in [0, 0.05) is 28.2 Å². The van der Waals surface area contributed by atoms with Crippen LogP contribution in [0.4, 0.5) is 0 Å². The van der Waals surface area contributed by atoms with Crippen molar-refractivity contribution in [2.24, 2.45) is 0 Å². The minimum Gasteiger partial charge on any atom is -0.309 e. The van der Waals surface area contributed by atoms with Gasteiger partial charge in [0.2, 0.25) is 0 Å². The zero-order valence-corrected chi connectivity index (χ0v) is 16.9. The molecule has 31 heavy (non-hydrogen) atoms. The van der Waals surface area contributed by atoms with Crippen LogP contribution in [-0.2, 0) is 0 Å². The van der Waals surface area contributed by atoms with Crippen LogP contribution in [0.1, 0.15) is 0 Å². The summed E-state index contributed by atoms with van der Waals surface area (Å²) >= 11 is 0. The summed E-state index contributed by atoms with van der Waals surface area (Å²) in [4.78, 5) is 4.58. The number of para-hydroxylation sites is 2. The highest BCUT2D eigenvalue weighted by Crippen LogP contribution is 2.33. The molecule has 0 radical (unpaired) electrons. The number of hydrogen-bond donors (Lipinski definition) is 0. The van der Waals surface area contributed by atoms with Crippen LogP contribution in [0.15, 0.2) is 121 Å². The number of rotatable bonds is 3. The predicted octanol–water partition coefficient (Wildman–Crippen LogP) is 7.51. The molecule has 0 aliphatic rings. The average Bonchev–Trinajstić information content (AvgIpc) is 3.19. The molecule has 6 aromatic rings. The monoisotopic (exact) mass is 396 g/mol. The lowest BCUT2D eigenvalue weighted by Gasteiger charge is -2.11. The third-order valence-electron chi connectivity index (χ3n) is 5.85. The quantitative estimate of drug-likeness (QED) is 0.303. The van der Waals surface area contributed by atoms with Crippen LogP contribution in [0.5, 0.6) is 0 Å². The number of benzene rings is 4. The Bertz CT molecular complexity index is 1470. The minimum absolute atomic E-state index is 0.986. The Hall–Kier alpha value is -4.17. The van der Waals surface area contributed by atoms with Crippen LogP contribution in [0, 0.1) is 0 Å². The van der Waals surface area contributed by atoms with Crippen molar-refractivity contribution in [1.82, 2.24) is 9.55 Å². The Kier molecular flexibility index (Phi) is 4.14. The molecule has 0 spiro atoms. The molecule has 0 fully saturated rings. The first-order valence-corrected chi connectivity index (χ1v) is 10.5. The molecule has 0 aliphatic heterocycles. The van der Waals surface area contributed by atoms with Crippen LogP contribution in [0.3, 0.4) is 0 Å². The van der Waals surface area contributed by atoms with Crippen molar-refractivity contribution >= 4 is 21.8 Å². The van der Waals surface area contributed by atoms with E-state index in [-0.39, 0.29) is 0 Å². The van der Waals surface area contributed by atoms with E-state index in [0.717, 1.165) is 22.5 Å². The Balaban J connectivity index is 1.53. The topological polar surface area (TPSA) is 17.8 Å². The maximum atomic E-state index is 4.58. The van der Waals surface area contributed by atoms with E-state index in [1.165, 1.54) is 27.4 Å². The van der Waals surface area contributed by atoms with Crippen molar-refractivity contribution in [1.29, 1.82) is 0 Å². The highest BCUT2D eigenvalue weighted by molar-refractivity contribution is 6.09. The van der Waals surface area contributed by atoms with Crippen molar-refractivity contribution in [3.05, 3.63) is 121 Å². The van der Waals surface area contributed by atoms with E-state index in [2.05, 4.69) is 107 Å². The zero-order valence-electron chi connectivity index (χ0n) is 16.9. The van der Waals surface area contributed by atoms with Gasteiger partial charge in [0.05, 0.1) is 16.7 Å². The van der Waals surface area contributed by atoms with Crippen molar-refractivity contribution in [3.63, 3.8) is 0 Å². The van der Waals surface area contributed by atoms with Gasteiger partial charge in [-0.1, -0.05) is 78.9 Å². The molecule has 2 heterocycles. The van der Waals surface area contributed by atoms with Crippen LogP contribution in [0.25, 0.3) is 49.9 Å². The van der Waals surface area contributed by atoms with Crippen LogP contribution >= 0.6 is 0 Å². The first kappa shape index (κ1) is 17.7. The maximum Gasteiger partial charge on any atom is 0.0708 e. The van der Waals surface area contributed by atoms with Crippen molar-refractivity contribution < 1.29 is 0 Å². The lowest BCUT2D eigenvalue weighted by Crippen LogP contribution is -1.94. The van der Waals surface area contributed by atoms with Gasteiger partial charge in [0.1, 0.15) is 0 Å². The van der Waals surface area contributed by atoms with E-state index in [1.807, 2.05) is 24.4 Å². The van der Waals surface area contributed by atoms with Crippen molar-refractivity contribution in [3.8, 4) is 28.1 Å². The van der Waals surface area contributed by atoms with Crippen LogP contribution in [0.2, 0.25) is 0 Å². The molecule has 0 saturated carbocycles. The largest absolute Gasteiger partial charge is 0.309 e. The standard InChI is InChI=1S/C29H20N2/c1-2-9-21(10-3-1)27-20-23(17-18-30-27)22-11-8-12-24(19-22)31-28-15-6-4-13-25(28)26-14-5-7-16-29(26)31/h1-20H. The summed E-state index contributed by atoms with van der Waals surface area (Å²) in [5.41, 5.74) is 8.06. The Morgan fingerprint density at radius 1 is 0.484 bits per heavy atom. The predicted molar refractivity (Wildman–Crippen MR) is 129 cm³/mol. The second kappa shape index (κ2) is 7.26. The molecule has 2 heteroatoms. The first-order valence-electron chi connectivity index (χ1n) is 10.5. The van der Waals surface area contributed by atoms with Gasteiger partial charge in [-0.05, 0) is 47.5 Å². The Labute approximate surface area is 181 Å². The Morgan fingerprint density at radius 3 is 1.84 bits per heavy atom. The fraction of sp³-hybridized carbons (Fsp3) is 0. The third kappa shape index (κ3) is 3.01. The molecule has 0 bridgehead atoms. The molecule has 0 N–H and O–H groups in total. The highest BCUT2D eigenvalue weighted by atomic mass is 15.0. The lowest BCUT2D eigenvalue weighted by atomic mass is 10.0. The molecule has 6 rings (SSSR count). The molecule has 0 amide bonds. The minimum atomic E-state index is 0.986. The molecule has 0 aliphatic carbocycles. The molecular weight excluding hydrogens is 376 g/mol. The zero-order chi connectivity index (χ0) is 20.6. The lowest BCUT2D eigenvalue weighted by molar-refractivity contribution is 1.18. The van der Waals surface area contributed by atoms with Gasteiger partial charge in [-0.3, -0.25) is 4.98 Å². The molecule has 0 unspecified atom stereocenters. The molecule has 0 saturated heterocycles. The van der Waals surface area contributed by atoms with E-state index >= 15 is 0 Å². The van der Waals surface area contributed by atoms with E-state index in [1.54, 1.807) is 0 Å².